The first-order valence-corrected chi connectivity index (χ1v) is 3.61. The van der Waals surface area contributed by atoms with Crippen LogP contribution in [-0.2, 0) is 0 Å². The Morgan fingerprint density at radius 3 is 2.56 bits per heavy atom. The molecule has 1 aliphatic carbocycles. The second-order valence-corrected chi connectivity index (χ2v) is 2.83. The van der Waals surface area contributed by atoms with Gasteiger partial charge in [0.25, 0.3) is 0 Å². The van der Waals surface area contributed by atoms with Gasteiger partial charge in [-0.05, 0) is 19.3 Å². The van der Waals surface area contributed by atoms with Crippen LogP contribution in [0.1, 0.15) is 26.2 Å². The highest BCUT2D eigenvalue weighted by Crippen LogP contribution is 2.46. The van der Waals surface area contributed by atoms with Crippen LogP contribution in [0.25, 0.3) is 0 Å². The smallest absolute Gasteiger partial charge is 0.0521 e. The fraction of sp³-hybridized carbons (Fsp3) is 0.750. The SMILES string of the molecule is CC/C=C/C1(CO)CC1. The van der Waals surface area contributed by atoms with Crippen molar-refractivity contribution in [3.05, 3.63) is 12.2 Å². The van der Waals surface area contributed by atoms with E-state index in [4.69, 9.17) is 5.11 Å². The minimum absolute atomic E-state index is 0.218. The van der Waals surface area contributed by atoms with Gasteiger partial charge >= 0.3 is 0 Å². The van der Waals surface area contributed by atoms with Gasteiger partial charge in [0, 0.05) is 5.41 Å². The average Bonchev–Trinajstić information content (AvgIpc) is 2.65. The van der Waals surface area contributed by atoms with E-state index in [1.807, 2.05) is 0 Å². The normalized spacial score (nSPS) is 22.9. The number of allylic oxidation sites excluding steroid dienone is 1. The Morgan fingerprint density at radius 2 is 2.22 bits per heavy atom. The summed E-state index contributed by atoms with van der Waals surface area (Å²) >= 11 is 0. The maximum Gasteiger partial charge on any atom is 0.0521 e. The second kappa shape index (κ2) is 2.53. The molecule has 0 bridgehead atoms. The zero-order valence-corrected chi connectivity index (χ0v) is 5.93. The summed E-state index contributed by atoms with van der Waals surface area (Å²) in [4.78, 5) is 0. The van der Waals surface area contributed by atoms with Crippen LogP contribution in [0, 0.1) is 5.41 Å². The van der Waals surface area contributed by atoms with E-state index in [1.165, 1.54) is 12.8 Å². The topological polar surface area (TPSA) is 20.2 Å². The maximum absolute atomic E-state index is 8.83. The standard InChI is InChI=1S/C8H14O/c1-2-3-4-8(7-9)5-6-8/h3-4,9H,2,5-7H2,1H3/b4-3+. The number of aliphatic hydroxyl groups excluding tert-OH is 1. The zero-order valence-electron chi connectivity index (χ0n) is 5.93. The van der Waals surface area contributed by atoms with Gasteiger partial charge in [-0.3, -0.25) is 0 Å². The first kappa shape index (κ1) is 6.81. The van der Waals surface area contributed by atoms with E-state index in [2.05, 4.69) is 19.1 Å². The molecule has 0 aromatic carbocycles. The highest BCUT2D eigenvalue weighted by atomic mass is 16.3. The predicted octanol–water partition coefficient (Wildman–Crippen LogP) is 1.73. The molecule has 52 valence electrons. The fourth-order valence-corrected chi connectivity index (χ4v) is 0.906. The first-order chi connectivity index (χ1) is 4.33. The van der Waals surface area contributed by atoms with E-state index in [-0.39, 0.29) is 5.41 Å². The van der Waals surface area contributed by atoms with Crippen LogP contribution >= 0.6 is 0 Å². The van der Waals surface area contributed by atoms with Crippen LogP contribution < -0.4 is 0 Å². The van der Waals surface area contributed by atoms with Crippen molar-refractivity contribution in [2.24, 2.45) is 5.41 Å². The fourth-order valence-electron chi connectivity index (χ4n) is 0.906. The summed E-state index contributed by atoms with van der Waals surface area (Å²) in [5, 5.41) is 8.83. The Balaban J connectivity index is 2.33. The molecule has 0 saturated heterocycles. The van der Waals surface area contributed by atoms with E-state index in [9.17, 15) is 0 Å². The lowest BCUT2D eigenvalue weighted by atomic mass is 10.1. The average molecular weight is 126 g/mol. The molecule has 1 aliphatic rings. The molecular formula is C8H14O. The summed E-state index contributed by atoms with van der Waals surface area (Å²) in [7, 11) is 0. The molecule has 1 saturated carbocycles. The minimum Gasteiger partial charge on any atom is -0.395 e. The van der Waals surface area contributed by atoms with Crippen molar-refractivity contribution in [3.8, 4) is 0 Å². The van der Waals surface area contributed by atoms with Crippen LogP contribution in [0.3, 0.4) is 0 Å². The maximum atomic E-state index is 8.83. The van der Waals surface area contributed by atoms with Gasteiger partial charge in [-0.15, -0.1) is 0 Å². The van der Waals surface area contributed by atoms with Crippen LogP contribution in [-0.4, -0.2) is 11.7 Å². The van der Waals surface area contributed by atoms with Crippen molar-refractivity contribution in [2.45, 2.75) is 26.2 Å². The van der Waals surface area contributed by atoms with E-state index < -0.39 is 0 Å². The highest BCUT2D eigenvalue weighted by molar-refractivity contribution is 5.08. The summed E-state index contributed by atoms with van der Waals surface area (Å²) in [5.41, 5.74) is 0.218. The monoisotopic (exact) mass is 126 g/mol. The molecule has 0 heterocycles. The van der Waals surface area contributed by atoms with Gasteiger partial charge in [-0.2, -0.15) is 0 Å². The lowest BCUT2D eigenvalue weighted by Gasteiger charge is -2.01. The van der Waals surface area contributed by atoms with Crippen LogP contribution in [0.5, 0.6) is 0 Å². The molecule has 0 aromatic rings. The molecule has 9 heavy (non-hydrogen) atoms. The quantitative estimate of drug-likeness (QED) is 0.571. The molecule has 0 aromatic heterocycles. The van der Waals surface area contributed by atoms with Crippen molar-refractivity contribution < 1.29 is 5.11 Å². The Hall–Kier alpha value is -0.300. The molecule has 0 unspecified atom stereocenters. The van der Waals surface area contributed by atoms with Crippen LogP contribution in [0.15, 0.2) is 12.2 Å². The van der Waals surface area contributed by atoms with Gasteiger partial charge in [0.1, 0.15) is 0 Å². The molecule has 1 heteroatoms. The summed E-state index contributed by atoms with van der Waals surface area (Å²) in [6.07, 6.45) is 7.75. The third-order valence-corrected chi connectivity index (χ3v) is 1.91. The first-order valence-electron chi connectivity index (χ1n) is 3.61. The molecule has 1 rings (SSSR count). The molecule has 0 atom stereocenters. The van der Waals surface area contributed by atoms with Gasteiger partial charge in [0.2, 0.25) is 0 Å². The van der Waals surface area contributed by atoms with Crippen LogP contribution in [0.2, 0.25) is 0 Å². The molecule has 1 nitrogen and oxygen atoms in total. The van der Waals surface area contributed by atoms with Crippen molar-refractivity contribution in [3.63, 3.8) is 0 Å². The number of aliphatic hydroxyl groups is 1. The zero-order chi connectivity index (χ0) is 6.74. The minimum atomic E-state index is 0.218. The second-order valence-electron chi connectivity index (χ2n) is 2.83. The van der Waals surface area contributed by atoms with Crippen molar-refractivity contribution in [2.75, 3.05) is 6.61 Å². The molecular weight excluding hydrogens is 112 g/mol. The van der Waals surface area contributed by atoms with E-state index in [1.54, 1.807) is 0 Å². The van der Waals surface area contributed by atoms with E-state index in [0.29, 0.717) is 6.61 Å². The Kier molecular flexibility index (Phi) is 1.91. The lowest BCUT2D eigenvalue weighted by Crippen LogP contribution is -2.00. The molecule has 1 fully saturated rings. The molecule has 0 aliphatic heterocycles. The van der Waals surface area contributed by atoms with Gasteiger partial charge in [-0.25, -0.2) is 0 Å². The van der Waals surface area contributed by atoms with Gasteiger partial charge < -0.3 is 5.11 Å². The van der Waals surface area contributed by atoms with Crippen molar-refractivity contribution >= 4 is 0 Å². The van der Waals surface area contributed by atoms with Crippen molar-refractivity contribution in [1.29, 1.82) is 0 Å². The summed E-state index contributed by atoms with van der Waals surface area (Å²) < 4.78 is 0. The molecule has 1 N–H and O–H groups in total. The summed E-state index contributed by atoms with van der Waals surface area (Å²) in [6, 6.07) is 0. The Labute approximate surface area is 56.4 Å². The largest absolute Gasteiger partial charge is 0.395 e. The lowest BCUT2D eigenvalue weighted by molar-refractivity contribution is 0.241. The van der Waals surface area contributed by atoms with Gasteiger partial charge in [-0.1, -0.05) is 19.1 Å². The van der Waals surface area contributed by atoms with Crippen LogP contribution in [0.4, 0.5) is 0 Å². The third kappa shape index (κ3) is 1.55. The number of hydrogen-bond acceptors (Lipinski definition) is 1. The summed E-state index contributed by atoms with van der Waals surface area (Å²) in [5.74, 6) is 0. The number of hydrogen-bond donors (Lipinski definition) is 1. The molecule has 0 amide bonds. The Bertz CT molecular complexity index is 112. The molecule has 0 spiro atoms. The van der Waals surface area contributed by atoms with E-state index >= 15 is 0 Å². The Morgan fingerprint density at radius 1 is 1.56 bits per heavy atom. The van der Waals surface area contributed by atoms with E-state index in [0.717, 1.165) is 6.42 Å². The molecule has 0 radical (unpaired) electrons. The van der Waals surface area contributed by atoms with Gasteiger partial charge in [0.05, 0.1) is 6.61 Å². The number of rotatable bonds is 3. The summed E-state index contributed by atoms with van der Waals surface area (Å²) in [6.45, 7) is 2.45. The third-order valence-electron chi connectivity index (χ3n) is 1.91. The predicted molar refractivity (Wildman–Crippen MR) is 38.2 cm³/mol. The van der Waals surface area contributed by atoms with Crippen molar-refractivity contribution in [1.82, 2.24) is 0 Å². The van der Waals surface area contributed by atoms with Gasteiger partial charge in [0.15, 0.2) is 0 Å². The highest BCUT2D eigenvalue weighted by Gasteiger charge is 2.38.